The molecule has 220 valence electrons. The fourth-order valence-corrected chi connectivity index (χ4v) is 7.91. The average molecular weight is 686 g/mol. The predicted molar refractivity (Wildman–Crippen MR) is 160 cm³/mol. The van der Waals surface area contributed by atoms with Crippen molar-refractivity contribution < 1.29 is 24.1 Å². The van der Waals surface area contributed by atoms with Gasteiger partial charge in [-0.15, -0.1) is 0 Å². The molecular weight excluding hydrogens is 652 g/mol. The molecule has 0 amide bonds. The number of hydrogen-bond acceptors (Lipinski definition) is 7. The second kappa shape index (κ2) is 12.9. The van der Waals surface area contributed by atoms with E-state index in [1.54, 1.807) is 21.1 Å². The normalized spacial score (nSPS) is 20.4. The van der Waals surface area contributed by atoms with E-state index in [9.17, 15) is 14.7 Å². The van der Waals surface area contributed by atoms with Crippen molar-refractivity contribution in [2.45, 2.75) is 39.9 Å². The first kappa shape index (κ1) is 30.1. The zero-order valence-corrected chi connectivity index (χ0v) is 26.2. The van der Waals surface area contributed by atoms with Crippen molar-refractivity contribution in [3.8, 4) is 11.5 Å². The number of benzene rings is 3. The van der Waals surface area contributed by atoms with Crippen molar-refractivity contribution in [3.05, 3.63) is 128 Å². The standard InChI is InChI=1S/C32H34N2O7Te/c1-20-18-34(31(37)33-29(20)36)30-28(42-4)27(35)26(41-30)19-40-32(21-8-6-5-7-9-21,22-10-14-24(38-2)15-11-22)23-12-16-25(39-3)17-13-23/h5-18,26-28,30,35H,19H2,1-4H3,(H,33,36,37)/t26-,27-,28-,30-/m1/s1. The SMILES string of the molecule is COc1ccc(C(OC[C@H]2O[C@@H](n3cc(C)c(=O)[nH]c3=O)[C@H]([Te]C)[C@@H]2O)(c2ccccc2)c2ccc(OC)cc2)cc1. The molecule has 0 spiro atoms. The summed E-state index contributed by atoms with van der Waals surface area (Å²) >= 11 is -0.757. The van der Waals surface area contributed by atoms with Crippen LogP contribution in [0.25, 0.3) is 0 Å². The first-order chi connectivity index (χ1) is 20.3. The van der Waals surface area contributed by atoms with E-state index in [1.807, 2.05) is 78.9 Å². The third-order valence-corrected chi connectivity index (χ3v) is 10.7. The molecule has 42 heavy (non-hydrogen) atoms. The summed E-state index contributed by atoms with van der Waals surface area (Å²) in [7, 11) is 3.24. The van der Waals surface area contributed by atoms with Gasteiger partial charge in [0.2, 0.25) is 0 Å². The molecule has 1 aliphatic rings. The molecule has 0 radical (unpaired) electrons. The van der Waals surface area contributed by atoms with Gasteiger partial charge in [-0.25, -0.2) is 0 Å². The minimum absolute atomic E-state index is 0.0329. The molecule has 5 rings (SSSR count). The van der Waals surface area contributed by atoms with Crippen LogP contribution in [0.4, 0.5) is 0 Å². The van der Waals surface area contributed by atoms with Crippen molar-refractivity contribution in [2.24, 2.45) is 0 Å². The third-order valence-electron chi connectivity index (χ3n) is 7.64. The molecule has 2 N–H and O–H groups in total. The number of ether oxygens (including phenoxy) is 4. The van der Waals surface area contributed by atoms with Crippen LogP contribution in [0.2, 0.25) is 8.94 Å². The maximum absolute atomic E-state index is 12.7. The number of methoxy groups -OCH3 is 2. The number of aliphatic hydroxyl groups excluding tert-OH is 1. The van der Waals surface area contributed by atoms with E-state index in [0.29, 0.717) is 17.1 Å². The topological polar surface area (TPSA) is 112 Å². The van der Waals surface area contributed by atoms with Gasteiger partial charge in [0.1, 0.15) is 0 Å². The van der Waals surface area contributed by atoms with Crippen molar-refractivity contribution in [1.29, 1.82) is 0 Å². The van der Waals surface area contributed by atoms with Gasteiger partial charge in [0.15, 0.2) is 0 Å². The van der Waals surface area contributed by atoms with E-state index in [-0.39, 0.29) is 10.6 Å². The van der Waals surface area contributed by atoms with Gasteiger partial charge in [0.05, 0.1) is 0 Å². The van der Waals surface area contributed by atoms with Crippen LogP contribution in [0.15, 0.2) is 94.6 Å². The molecule has 1 saturated heterocycles. The second-order valence-electron chi connectivity index (χ2n) is 10.0. The Balaban J connectivity index is 1.57. The summed E-state index contributed by atoms with van der Waals surface area (Å²) in [5.74, 6) is 1.43. The molecule has 1 aliphatic heterocycles. The molecule has 2 heterocycles. The quantitative estimate of drug-likeness (QED) is 0.194. The van der Waals surface area contributed by atoms with Crippen LogP contribution < -0.4 is 20.7 Å². The molecule has 1 fully saturated rings. The summed E-state index contributed by atoms with van der Waals surface area (Å²) in [5, 5.41) is 11.4. The molecule has 4 aromatic rings. The minimum atomic E-state index is -1.08. The fourth-order valence-electron chi connectivity index (χ4n) is 5.39. The number of nitrogens with one attached hydrogen (secondary N) is 1. The molecular formula is C32H34N2O7Te. The Morgan fingerprint density at radius 1 is 0.905 bits per heavy atom. The number of aromatic nitrogens is 2. The Hall–Kier alpha value is -3.39. The number of aliphatic hydroxyl groups is 1. The zero-order chi connectivity index (χ0) is 29.9. The van der Waals surface area contributed by atoms with Crippen LogP contribution >= 0.6 is 0 Å². The third kappa shape index (κ3) is 5.65. The molecule has 10 heteroatoms. The van der Waals surface area contributed by atoms with Crippen LogP contribution in [-0.4, -0.2) is 68.6 Å². The number of hydrogen-bond donors (Lipinski definition) is 2. The molecule has 0 unspecified atom stereocenters. The first-order valence-corrected chi connectivity index (χ1v) is 17.2. The van der Waals surface area contributed by atoms with Crippen LogP contribution in [0, 0.1) is 6.92 Å². The van der Waals surface area contributed by atoms with E-state index in [4.69, 9.17) is 18.9 Å². The van der Waals surface area contributed by atoms with Gasteiger partial charge < -0.3 is 0 Å². The Bertz CT molecular complexity index is 1560. The summed E-state index contributed by atoms with van der Waals surface area (Å²) < 4.78 is 25.3. The first-order valence-electron chi connectivity index (χ1n) is 13.5. The van der Waals surface area contributed by atoms with Crippen LogP contribution in [-0.2, 0) is 15.1 Å². The van der Waals surface area contributed by atoms with Gasteiger partial charge in [0.25, 0.3) is 0 Å². The molecule has 3 aromatic carbocycles. The molecule has 1 aromatic heterocycles. The van der Waals surface area contributed by atoms with E-state index in [2.05, 4.69) is 9.96 Å². The Kier molecular flexibility index (Phi) is 9.21. The Morgan fingerprint density at radius 3 is 1.98 bits per heavy atom. The fraction of sp³-hybridized carbons (Fsp3) is 0.312. The molecule has 0 aliphatic carbocycles. The van der Waals surface area contributed by atoms with Gasteiger partial charge in [-0.1, -0.05) is 0 Å². The maximum atomic E-state index is 12.7. The number of aromatic amines is 1. The van der Waals surface area contributed by atoms with Gasteiger partial charge in [-0.05, 0) is 0 Å². The summed E-state index contributed by atoms with van der Waals surface area (Å²) in [6.45, 7) is 1.67. The Morgan fingerprint density at radius 2 is 1.45 bits per heavy atom. The molecule has 4 atom stereocenters. The number of rotatable bonds is 10. The van der Waals surface area contributed by atoms with Crippen molar-refractivity contribution in [3.63, 3.8) is 0 Å². The summed E-state index contributed by atoms with van der Waals surface area (Å²) in [6, 6.07) is 25.3. The van der Waals surface area contributed by atoms with Gasteiger partial charge in [-0.3, -0.25) is 0 Å². The number of aryl methyl sites for hydroxylation is 1. The summed E-state index contributed by atoms with van der Waals surface area (Å²) in [6.07, 6.45) is -0.789. The van der Waals surface area contributed by atoms with Crippen molar-refractivity contribution >= 4 is 20.9 Å². The van der Waals surface area contributed by atoms with Crippen LogP contribution in [0.1, 0.15) is 28.5 Å². The number of H-pyrrole nitrogens is 1. The Labute approximate surface area is 254 Å². The molecule has 0 bridgehead atoms. The number of nitrogens with zero attached hydrogens (tertiary/aromatic N) is 1. The van der Waals surface area contributed by atoms with E-state index in [1.165, 1.54) is 10.8 Å². The van der Waals surface area contributed by atoms with Crippen LogP contribution in [0.5, 0.6) is 11.5 Å². The van der Waals surface area contributed by atoms with Gasteiger partial charge in [0, 0.05) is 0 Å². The summed E-state index contributed by atoms with van der Waals surface area (Å²) in [5.41, 5.74) is 0.915. The second-order valence-corrected chi connectivity index (χ2v) is 12.9. The van der Waals surface area contributed by atoms with Gasteiger partial charge >= 0.3 is 255 Å². The zero-order valence-electron chi connectivity index (χ0n) is 23.9. The van der Waals surface area contributed by atoms with E-state index < -0.39 is 56.2 Å². The predicted octanol–water partition coefficient (Wildman–Crippen LogP) is 3.67. The molecule has 0 saturated carbocycles. The monoisotopic (exact) mass is 688 g/mol. The van der Waals surface area contributed by atoms with Crippen LogP contribution in [0.3, 0.4) is 0 Å². The average Bonchev–Trinajstić information content (AvgIpc) is 3.34. The molecule has 9 nitrogen and oxygen atoms in total. The van der Waals surface area contributed by atoms with E-state index in [0.717, 1.165) is 16.7 Å². The van der Waals surface area contributed by atoms with Crippen molar-refractivity contribution in [1.82, 2.24) is 9.55 Å². The van der Waals surface area contributed by atoms with E-state index >= 15 is 0 Å². The summed E-state index contributed by atoms with van der Waals surface area (Å²) in [4.78, 5) is 29.1. The van der Waals surface area contributed by atoms with Crippen molar-refractivity contribution in [2.75, 3.05) is 20.8 Å². The van der Waals surface area contributed by atoms with Gasteiger partial charge in [-0.2, -0.15) is 0 Å².